The first-order valence-electron chi connectivity index (χ1n) is 12.1. The van der Waals surface area contributed by atoms with Crippen molar-refractivity contribution >= 4 is 15.7 Å². The molecule has 1 saturated carbocycles. The molecule has 37 heavy (non-hydrogen) atoms. The lowest BCUT2D eigenvalue weighted by atomic mass is 9.83. The Bertz CT molecular complexity index is 1310. The van der Waals surface area contributed by atoms with E-state index < -0.39 is 45.1 Å². The van der Waals surface area contributed by atoms with Gasteiger partial charge in [-0.05, 0) is 37.3 Å². The van der Waals surface area contributed by atoms with Gasteiger partial charge in [0.2, 0.25) is 11.8 Å². The first kappa shape index (κ1) is 27.1. The predicted octanol–water partition coefficient (Wildman–Crippen LogP) is 1.30. The number of rotatable bonds is 10. The molecule has 1 amide bonds. The van der Waals surface area contributed by atoms with Gasteiger partial charge in [-0.1, -0.05) is 6.07 Å². The molecule has 2 aromatic heterocycles. The molecule has 2 N–H and O–H groups in total. The summed E-state index contributed by atoms with van der Waals surface area (Å²) >= 11 is 0. The molecule has 10 nitrogen and oxygen atoms in total. The summed E-state index contributed by atoms with van der Waals surface area (Å²) in [4.78, 5) is 26.5. The van der Waals surface area contributed by atoms with Crippen LogP contribution in [0.2, 0.25) is 0 Å². The lowest BCUT2D eigenvalue weighted by molar-refractivity contribution is -0.139. The molecule has 2 fully saturated rings. The van der Waals surface area contributed by atoms with Crippen molar-refractivity contribution in [2.75, 3.05) is 31.7 Å². The molecule has 0 bridgehead atoms. The zero-order valence-corrected chi connectivity index (χ0v) is 21.6. The summed E-state index contributed by atoms with van der Waals surface area (Å²) in [6.07, 6.45) is 3.97. The van der Waals surface area contributed by atoms with Gasteiger partial charge in [0.25, 0.3) is 11.5 Å². The Balaban J connectivity index is 1.60. The van der Waals surface area contributed by atoms with Gasteiger partial charge < -0.3 is 15.0 Å². The Morgan fingerprint density at radius 1 is 1.24 bits per heavy atom. The summed E-state index contributed by atoms with van der Waals surface area (Å²) in [5, 5.41) is 8.19. The number of aryl methyl sites for hydroxylation is 1. The van der Waals surface area contributed by atoms with Crippen molar-refractivity contribution in [2.24, 2.45) is 11.7 Å². The van der Waals surface area contributed by atoms with E-state index in [9.17, 15) is 18.0 Å². The van der Waals surface area contributed by atoms with Crippen LogP contribution in [0.3, 0.4) is 0 Å². The van der Waals surface area contributed by atoms with Gasteiger partial charge in [0, 0.05) is 50.6 Å². The highest BCUT2D eigenvalue weighted by molar-refractivity contribution is 7.90. The molecule has 13 heteroatoms. The quantitative estimate of drug-likeness (QED) is 0.477. The first-order chi connectivity index (χ1) is 17.3. The second-order valence-corrected chi connectivity index (χ2v) is 12.3. The van der Waals surface area contributed by atoms with Crippen LogP contribution in [0.15, 0.2) is 35.3 Å². The zero-order chi connectivity index (χ0) is 27.0. The molecular weight excluding hydrogens is 508 g/mol. The molecular formula is C24H31F2N5O5S. The lowest BCUT2D eigenvalue weighted by Crippen LogP contribution is -2.59. The van der Waals surface area contributed by atoms with E-state index in [0.717, 1.165) is 29.7 Å². The zero-order valence-electron chi connectivity index (χ0n) is 20.8. The third-order valence-electron chi connectivity index (χ3n) is 7.15. The number of sulfone groups is 1. The summed E-state index contributed by atoms with van der Waals surface area (Å²) in [6, 6.07) is 5.60. The molecule has 0 radical (unpaired) electrons. The van der Waals surface area contributed by atoms with E-state index in [1.165, 1.54) is 19.2 Å². The minimum absolute atomic E-state index is 0.127. The normalized spacial score (nSPS) is 21.8. The van der Waals surface area contributed by atoms with E-state index in [2.05, 4.69) is 10.2 Å². The first-order valence-corrected chi connectivity index (χ1v) is 14.1. The molecule has 3 heterocycles. The second-order valence-electron chi connectivity index (χ2n) is 10.1. The number of halogens is 2. The van der Waals surface area contributed by atoms with Crippen LogP contribution in [0.1, 0.15) is 43.4 Å². The monoisotopic (exact) mass is 539 g/mol. The van der Waals surface area contributed by atoms with Crippen molar-refractivity contribution in [2.45, 2.75) is 50.1 Å². The molecule has 4 rings (SSSR count). The standard InChI is InChI=1S/C24H31F2N5O5S/c1-23(22(27)33,19-6-7-20(29-28-19)36-15-16-3-4-16)31-10-9-24(25,26)18(14-31)17-5-8-21(32)30(13-17)11-12-37(2,34)35/h5-8,13,16,18H,3-4,9-12,14-15H2,1-2H3,(H2,27,33). The van der Waals surface area contributed by atoms with Crippen molar-refractivity contribution in [1.82, 2.24) is 19.7 Å². The van der Waals surface area contributed by atoms with Crippen LogP contribution in [0.5, 0.6) is 5.88 Å². The number of amides is 1. The molecule has 0 spiro atoms. The number of nitrogens with zero attached hydrogens (tertiary/aromatic N) is 4. The Labute approximate surface area is 213 Å². The average Bonchev–Trinajstić information content (AvgIpc) is 3.66. The molecule has 1 aliphatic carbocycles. The molecule has 2 unspecified atom stereocenters. The number of carbonyl (C=O) groups excluding carboxylic acids is 1. The van der Waals surface area contributed by atoms with Crippen LogP contribution in [-0.4, -0.2) is 71.6 Å². The van der Waals surface area contributed by atoms with Crippen LogP contribution >= 0.6 is 0 Å². The lowest BCUT2D eigenvalue weighted by Gasteiger charge is -2.45. The van der Waals surface area contributed by atoms with E-state index in [4.69, 9.17) is 10.5 Å². The van der Waals surface area contributed by atoms with E-state index in [-0.39, 0.29) is 36.6 Å². The van der Waals surface area contributed by atoms with Crippen LogP contribution in [0.4, 0.5) is 8.78 Å². The average molecular weight is 540 g/mol. The predicted molar refractivity (Wildman–Crippen MR) is 131 cm³/mol. The SMILES string of the molecule is CC(C(N)=O)(c1ccc(OCC2CC2)nn1)N1CCC(F)(F)C(c2ccc(=O)n(CCS(C)(=O)=O)c2)C1. The maximum Gasteiger partial charge on any atom is 0.257 e. The van der Waals surface area contributed by atoms with Gasteiger partial charge in [0.05, 0.1) is 24.0 Å². The number of hydrogen-bond donors (Lipinski definition) is 1. The summed E-state index contributed by atoms with van der Waals surface area (Å²) in [5.74, 6) is -4.76. The van der Waals surface area contributed by atoms with Gasteiger partial charge in [0.15, 0.2) is 0 Å². The minimum atomic E-state index is -3.37. The highest BCUT2D eigenvalue weighted by Gasteiger charge is 2.51. The van der Waals surface area contributed by atoms with Crippen molar-refractivity contribution in [3.8, 4) is 5.88 Å². The number of carbonyl (C=O) groups is 1. The third kappa shape index (κ3) is 6.15. The minimum Gasteiger partial charge on any atom is -0.476 e. The number of ether oxygens (including phenoxy) is 1. The van der Waals surface area contributed by atoms with Crippen molar-refractivity contribution in [3.63, 3.8) is 0 Å². The van der Waals surface area contributed by atoms with Gasteiger partial charge >= 0.3 is 0 Å². The van der Waals surface area contributed by atoms with E-state index in [0.29, 0.717) is 18.4 Å². The van der Waals surface area contributed by atoms with Gasteiger partial charge in [0.1, 0.15) is 15.4 Å². The van der Waals surface area contributed by atoms with Gasteiger partial charge in [-0.25, -0.2) is 17.2 Å². The van der Waals surface area contributed by atoms with Crippen LogP contribution in [0.25, 0.3) is 0 Å². The van der Waals surface area contributed by atoms with Crippen LogP contribution in [0, 0.1) is 5.92 Å². The van der Waals surface area contributed by atoms with E-state index in [1.54, 1.807) is 17.0 Å². The summed E-state index contributed by atoms with van der Waals surface area (Å²) in [7, 11) is -3.37. The summed E-state index contributed by atoms with van der Waals surface area (Å²) in [6.45, 7) is 1.53. The molecule has 1 aliphatic heterocycles. The van der Waals surface area contributed by atoms with Gasteiger partial charge in [-0.3, -0.25) is 14.5 Å². The molecule has 2 atom stereocenters. The topological polar surface area (TPSA) is 137 Å². The summed E-state index contributed by atoms with van der Waals surface area (Å²) in [5.41, 5.74) is 4.13. The number of likely N-dealkylation sites (tertiary alicyclic amines) is 1. The fraction of sp³-hybridized carbons (Fsp3) is 0.583. The summed E-state index contributed by atoms with van der Waals surface area (Å²) < 4.78 is 60.1. The van der Waals surface area contributed by atoms with E-state index in [1.807, 2.05) is 0 Å². The third-order valence-corrected chi connectivity index (χ3v) is 8.08. The maximum atomic E-state index is 15.2. The highest BCUT2D eigenvalue weighted by Crippen LogP contribution is 2.43. The largest absolute Gasteiger partial charge is 0.476 e. The molecule has 0 aromatic carbocycles. The van der Waals surface area contributed by atoms with Crippen molar-refractivity contribution < 1.29 is 26.7 Å². The second kappa shape index (κ2) is 10.1. The van der Waals surface area contributed by atoms with Crippen LogP contribution in [-0.2, 0) is 26.7 Å². The number of pyridine rings is 1. The fourth-order valence-electron chi connectivity index (χ4n) is 4.44. The Morgan fingerprint density at radius 3 is 2.57 bits per heavy atom. The Kier molecular flexibility index (Phi) is 7.39. The number of alkyl halides is 2. The van der Waals surface area contributed by atoms with E-state index >= 15 is 8.78 Å². The fourth-order valence-corrected chi connectivity index (χ4v) is 4.97. The number of nitrogens with two attached hydrogens (primary N) is 1. The number of hydrogen-bond acceptors (Lipinski definition) is 8. The van der Waals surface area contributed by atoms with Crippen molar-refractivity contribution in [3.05, 3.63) is 52.1 Å². The van der Waals surface area contributed by atoms with Gasteiger partial charge in [-0.15, -0.1) is 10.2 Å². The number of aromatic nitrogens is 3. The number of primary amides is 1. The number of piperidine rings is 1. The van der Waals surface area contributed by atoms with Crippen LogP contribution < -0.4 is 16.0 Å². The van der Waals surface area contributed by atoms with Crippen molar-refractivity contribution in [1.29, 1.82) is 0 Å². The molecule has 2 aromatic rings. The molecule has 1 saturated heterocycles. The Morgan fingerprint density at radius 2 is 1.97 bits per heavy atom. The van der Waals surface area contributed by atoms with Gasteiger partial charge in [-0.2, -0.15) is 0 Å². The maximum absolute atomic E-state index is 15.2. The Hall–Kier alpha value is -2.93. The molecule has 202 valence electrons. The smallest absolute Gasteiger partial charge is 0.257 e. The molecule has 2 aliphatic rings. The highest BCUT2D eigenvalue weighted by atomic mass is 32.2.